The topological polar surface area (TPSA) is 47.9 Å². The first kappa shape index (κ1) is 12.4. The lowest BCUT2D eigenvalue weighted by molar-refractivity contribution is 0.396. The van der Waals surface area contributed by atoms with Gasteiger partial charge in [0.25, 0.3) is 0 Å². The SMILES string of the molecule is CC1CC(Nc2ccc(C#N)c(Br)c2)CCN1. The minimum Gasteiger partial charge on any atom is -0.382 e. The number of hydrogen-bond donors (Lipinski definition) is 2. The Bertz CT molecular complexity index is 439. The fraction of sp³-hybridized carbons (Fsp3) is 0.462. The van der Waals surface area contributed by atoms with Crippen molar-refractivity contribution in [1.82, 2.24) is 5.32 Å². The number of nitrogens with one attached hydrogen (secondary N) is 2. The molecule has 0 radical (unpaired) electrons. The summed E-state index contributed by atoms with van der Waals surface area (Å²) in [6, 6.07) is 9.03. The summed E-state index contributed by atoms with van der Waals surface area (Å²) in [7, 11) is 0. The van der Waals surface area contributed by atoms with Crippen molar-refractivity contribution in [3.63, 3.8) is 0 Å². The van der Waals surface area contributed by atoms with Gasteiger partial charge in [-0.3, -0.25) is 0 Å². The van der Waals surface area contributed by atoms with Crippen LogP contribution in [0.5, 0.6) is 0 Å². The van der Waals surface area contributed by atoms with Crippen LogP contribution in [0.3, 0.4) is 0 Å². The number of benzene rings is 1. The first-order valence-corrected chi connectivity index (χ1v) is 6.68. The molecule has 1 aliphatic heterocycles. The molecule has 2 N–H and O–H groups in total. The third-order valence-electron chi connectivity index (χ3n) is 3.08. The molecule has 0 bridgehead atoms. The van der Waals surface area contributed by atoms with Crippen molar-refractivity contribution in [3.8, 4) is 6.07 Å². The minimum absolute atomic E-state index is 0.520. The highest BCUT2D eigenvalue weighted by atomic mass is 79.9. The van der Waals surface area contributed by atoms with Crippen LogP contribution in [0.1, 0.15) is 25.3 Å². The second-order valence-electron chi connectivity index (χ2n) is 4.53. The van der Waals surface area contributed by atoms with Crippen LogP contribution in [0, 0.1) is 11.3 Å². The number of nitrogens with zero attached hydrogens (tertiary/aromatic N) is 1. The van der Waals surface area contributed by atoms with Gasteiger partial charge in [-0.15, -0.1) is 0 Å². The summed E-state index contributed by atoms with van der Waals surface area (Å²) in [4.78, 5) is 0. The zero-order chi connectivity index (χ0) is 12.3. The van der Waals surface area contributed by atoms with Crippen molar-refractivity contribution in [1.29, 1.82) is 5.26 Å². The molecule has 1 saturated heterocycles. The molecular weight excluding hydrogens is 278 g/mol. The Morgan fingerprint density at radius 2 is 2.35 bits per heavy atom. The van der Waals surface area contributed by atoms with E-state index in [-0.39, 0.29) is 0 Å². The molecule has 2 atom stereocenters. The number of anilines is 1. The molecule has 1 heterocycles. The van der Waals surface area contributed by atoms with Gasteiger partial charge in [0.2, 0.25) is 0 Å². The highest BCUT2D eigenvalue weighted by Crippen LogP contribution is 2.23. The van der Waals surface area contributed by atoms with Crippen LogP contribution in [0.4, 0.5) is 5.69 Å². The standard InChI is InChI=1S/C13H16BrN3/c1-9-6-12(4-5-16-9)17-11-3-2-10(8-15)13(14)7-11/h2-3,7,9,12,16-17H,4-6H2,1H3. The molecule has 3 nitrogen and oxygen atoms in total. The van der Waals surface area contributed by atoms with Crippen LogP contribution >= 0.6 is 15.9 Å². The van der Waals surface area contributed by atoms with Crippen LogP contribution in [-0.4, -0.2) is 18.6 Å². The molecular formula is C13H16BrN3. The number of hydrogen-bond acceptors (Lipinski definition) is 3. The summed E-state index contributed by atoms with van der Waals surface area (Å²) >= 11 is 3.41. The van der Waals surface area contributed by atoms with E-state index in [0.717, 1.165) is 29.5 Å². The Kier molecular flexibility index (Phi) is 4.03. The summed E-state index contributed by atoms with van der Waals surface area (Å²) in [5.41, 5.74) is 1.75. The average molecular weight is 294 g/mol. The molecule has 0 spiro atoms. The van der Waals surface area contributed by atoms with Gasteiger partial charge >= 0.3 is 0 Å². The molecule has 1 aliphatic rings. The van der Waals surface area contributed by atoms with Crippen molar-refractivity contribution in [2.24, 2.45) is 0 Å². The van der Waals surface area contributed by atoms with Crippen LogP contribution in [0.2, 0.25) is 0 Å². The van der Waals surface area contributed by atoms with E-state index in [1.54, 1.807) is 0 Å². The summed E-state index contributed by atoms with van der Waals surface area (Å²) < 4.78 is 0.854. The average Bonchev–Trinajstić information content (AvgIpc) is 2.29. The summed E-state index contributed by atoms with van der Waals surface area (Å²) in [5, 5.41) is 15.8. The van der Waals surface area contributed by atoms with Crippen LogP contribution in [0.25, 0.3) is 0 Å². The lowest BCUT2D eigenvalue weighted by atomic mass is 10.0. The molecule has 1 aromatic rings. The van der Waals surface area contributed by atoms with Crippen LogP contribution < -0.4 is 10.6 Å². The predicted molar refractivity (Wildman–Crippen MR) is 73.0 cm³/mol. The van der Waals surface area contributed by atoms with Gasteiger partial charge in [0.1, 0.15) is 6.07 Å². The molecule has 1 aromatic carbocycles. The fourth-order valence-corrected chi connectivity index (χ4v) is 2.66. The van der Waals surface area contributed by atoms with Crippen molar-refractivity contribution < 1.29 is 0 Å². The molecule has 90 valence electrons. The molecule has 0 saturated carbocycles. The van der Waals surface area contributed by atoms with Crippen molar-refractivity contribution >= 4 is 21.6 Å². The second kappa shape index (κ2) is 5.52. The quantitative estimate of drug-likeness (QED) is 0.881. The molecule has 4 heteroatoms. The highest BCUT2D eigenvalue weighted by Gasteiger charge is 2.17. The van der Waals surface area contributed by atoms with Gasteiger partial charge in [0.15, 0.2) is 0 Å². The van der Waals surface area contributed by atoms with E-state index < -0.39 is 0 Å². The van der Waals surface area contributed by atoms with Crippen molar-refractivity contribution in [2.45, 2.75) is 31.8 Å². The van der Waals surface area contributed by atoms with Gasteiger partial charge in [0, 0.05) is 22.2 Å². The monoisotopic (exact) mass is 293 g/mol. The first-order chi connectivity index (χ1) is 8.19. The molecule has 2 rings (SSSR count). The van der Waals surface area contributed by atoms with Gasteiger partial charge in [0.05, 0.1) is 5.56 Å². The van der Waals surface area contributed by atoms with E-state index in [1.807, 2.05) is 18.2 Å². The van der Waals surface area contributed by atoms with E-state index in [4.69, 9.17) is 5.26 Å². The van der Waals surface area contributed by atoms with Crippen molar-refractivity contribution in [2.75, 3.05) is 11.9 Å². The maximum Gasteiger partial charge on any atom is 0.100 e. The lowest BCUT2D eigenvalue weighted by Crippen LogP contribution is -2.41. The maximum absolute atomic E-state index is 8.86. The van der Waals surface area contributed by atoms with Gasteiger partial charge in [-0.2, -0.15) is 5.26 Å². The summed E-state index contributed by atoms with van der Waals surface area (Å²) in [6.45, 7) is 3.28. The van der Waals surface area contributed by atoms with Gasteiger partial charge in [-0.05, 0) is 60.4 Å². The van der Waals surface area contributed by atoms with E-state index in [0.29, 0.717) is 17.6 Å². The summed E-state index contributed by atoms with van der Waals surface area (Å²) in [5.74, 6) is 0. The smallest absolute Gasteiger partial charge is 0.100 e. The van der Waals surface area contributed by atoms with Gasteiger partial charge in [-0.25, -0.2) is 0 Å². The zero-order valence-corrected chi connectivity index (χ0v) is 11.4. The largest absolute Gasteiger partial charge is 0.382 e. The lowest BCUT2D eigenvalue weighted by Gasteiger charge is -2.29. The zero-order valence-electron chi connectivity index (χ0n) is 9.83. The van der Waals surface area contributed by atoms with Crippen LogP contribution in [0.15, 0.2) is 22.7 Å². The Balaban J connectivity index is 2.04. The van der Waals surface area contributed by atoms with Crippen LogP contribution in [-0.2, 0) is 0 Å². The number of nitriles is 1. The molecule has 0 aliphatic carbocycles. The molecule has 1 fully saturated rings. The molecule has 17 heavy (non-hydrogen) atoms. The Morgan fingerprint density at radius 1 is 1.53 bits per heavy atom. The van der Waals surface area contributed by atoms with E-state index >= 15 is 0 Å². The van der Waals surface area contributed by atoms with Gasteiger partial charge < -0.3 is 10.6 Å². The molecule has 0 aromatic heterocycles. The fourth-order valence-electron chi connectivity index (χ4n) is 2.19. The Hall–Kier alpha value is -1.05. The summed E-state index contributed by atoms with van der Waals surface area (Å²) in [6.07, 6.45) is 2.28. The van der Waals surface area contributed by atoms with Crippen molar-refractivity contribution in [3.05, 3.63) is 28.2 Å². The van der Waals surface area contributed by atoms with E-state index in [2.05, 4.69) is 39.6 Å². The third-order valence-corrected chi connectivity index (χ3v) is 3.74. The maximum atomic E-state index is 8.86. The molecule has 2 unspecified atom stereocenters. The number of halogens is 1. The first-order valence-electron chi connectivity index (χ1n) is 5.88. The predicted octanol–water partition coefficient (Wildman–Crippen LogP) is 2.87. The highest BCUT2D eigenvalue weighted by molar-refractivity contribution is 9.10. The third kappa shape index (κ3) is 3.21. The normalized spacial score (nSPS) is 24.1. The van der Waals surface area contributed by atoms with E-state index in [9.17, 15) is 0 Å². The Labute approximate surface area is 110 Å². The molecule has 0 amide bonds. The number of piperidine rings is 1. The second-order valence-corrected chi connectivity index (χ2v) is 5.38. The van der Waals surface area contributed by atoms with Gasteiger partial charge in [-0.1, -0.05) is 0 Å². The Morgan fingerprint density at radius 3 is 3.00 bits per heavy atom. The minimum atomic E-state index is 0.520. The van der Waals surface area contributed by atoms with E-state index in [1.165, 1.54) is 0 Å². The number of rotatable bonds is 2.